The van der Waals surface area contributed by atoms with Crippen molar-refractivity contribution in [2.45, 2.75) is 27.7 Å². The molecular formula is C23H31N3O3S. The predicted molar refractivity (Wildman–Crippen MR) is 128 cm³/mol. The van der Waals surface area contributed by atoms with Crippen LogP contribution in [0, 0.1) is 13.8 Å². The molecular weight excluding hydrogens is 398 g/mol. The summed E-state index contributed by atoms with van der Waals surface area (Å²) in [6.07, 6.45) is 0. The summed E-state index contributed by atoms with van der Waals surface area (Å²) < 4.78 is 17.4. The zero-order valence-electron chi connectivity index (χ0n) is 18.2. The van der Waals surface area contributed by atoms with Crippen LogP contribution in [0.2, 0.25) is 0 Å². The molecule has 1 aliphatic rings. The van der Waals surface area contributed by atoms with Crippen LogP contribution < -0.4 is 25.0 Å². The Morgan fingerprint density at radius 2 is 1.57 bits per heavy atom. The summed E-state index contributed by atoms with van der Waals surface area (Å²) in [4.78, 5) is 2.27. The molecule has 1 heterocycles. The van der Waals surface area contributed by atoms with Gasteiger partial charge in [-0.3, -0.25) is 0 Å². The SMILES string of the molecule is CCOc1cc(N2CCOCC2)c(OCC)cc1NC(=S)Nc1cc(C)cc(C)c1. The van der Waals surface area contributed by atoms with Gasteiger partial charge < -0.3 is 29.7 Å². The average molecular weight is 430 g/mol. The molecule has 2 N–H and O–H groups in total. The number of anilines is 3. The highest BCUT2D eigenvalue weighted by Gasteiger charge is 2.20. The first-order valence-corrected chi connectivity index (χ1v) is 10.8. The fourth-order valence-corrected chi connectivity index (χ4v) is 3.80. The number of ether oxygens (including phenoxy) is 3. The van der Waals surface area contributed by atoms with E-state index < -0.39 is 0 Å². The Morgan fingerprint density at radius 3 is 2.20 bits per heavy atom. The lowest BCUT2D eigenvalue weighted by atomic mass is 10.1. The average Bonchev–Trinajstić information content (AvgIpc) is 2.70. The molecule has 0 radical (unpaired) electrons. The lowest BCUT2D eigenvalue weighted by Crippen LogP contribution is -2.36. The van der Waals surface area contributed by atoms with Crippen LogP contribution in [0.1, 0.15) is 25.0 Å². The molecule has 0 unspecified atom stereocenters. The summed E-state index contributed by atoms with van der Waals surface area (Å²) in [5.74, 6) is 1.55. The molecule has 0 atom stereocenters. The minimum atomic E-state index is 0.502. The predicted octanol–water partition coefficient (Wildman–Crippen LogP) is 4.75. The largest absolute Gasteiger partial charge is 0.492 e. The molecule has 1 saturated heterocycles. The summed E-state index contributed by atoms with van der Waals surface area (Å²) >= 11 is 5.57. The fourth-order valence-electron chi connectivity index (χ4n) is 3.58. The molecule has 2 aromatic carbocycles. The summed E-state index contributed by atoms with van der Waals surface area (Å²) in [6.45, 7) is 12.3. The number of nitrogens with one attached hydrogen (secondary N) is 2. The Bertz CT molecular complexity index is 862. The number of thiocarbonyl (C=S) groups is 1. The van der Waals surface area contributed by atoms with Crippen LogP contribution in [0.3, 0.4) is 0 Å². The molecule has 0 saturated carbocycles. The van der Waals surface area contributed by atoms with Crippen molar-refractivity contribution >= 4 is 34.4 Å². The van der Waals surface area contributed by atoms with Crippen LogP contribution >= 0.6 is 12.2 Å². The number of benzene rings is 2. The fraction of sp³-hybridized carbons (Fsp3) is 0.435. The van der Waals surface area contributed by atoms with E-state index in [1.165, 1.54) is 11.1 Å². The van der Waals surface area contributed by atoms with Gasteiger partial charge in [-0.25, -0.2) is 0 Å². The van der Waals surface area contributed by atoms with Gasteiger partial charge in [-0.05, 0) is 63.2 Å². The quantitative estimate of drug-likeness (QED) is 0.616. The smallest absolute Gasteiger partial charge is 0.175 e. The van der Waals surface area contributed by atoms with Gasteiger partial charge in [0.2, 0.25) is 0 Å². The van der Waals surface area contributed by atoms with Crippen molar-refractivity contribution in [2.24, 2.45) is 0 Å². The first kappa shape index (κ1) is 22.2. The lowest BCUT2D eigenvalue weighted by molar-refractivity contribution is 0.122. The lowest BCUT2D eigenvalue weighted by Gasteiger charge is -2.31. The normalized spacial score (nSPS) is 13.7. The molecule has 1 aliphatic heterocycles. The van der Waals surface area contributed by atoms with Crippen molar-refractivity contribution in [3.05, 3.63) is 41.5 Å². The Morgan fingerprint density at radius 1 is 0.933 bits per heavy atom. The summed E-state index contributed by atoms with van der Waals surface area (Å²) in [6, 6.07) is 10.3. The van der Waals surface area contributed by atoms with Gasteiger partial charge in [-0.15, -0.1) is 0 Å². The van der Waals surface area contributed by atoms with E-state index in [4.69, 9.17) is 26.4 Å². The third kappa shape index (κ3) is 5.77. The van der Waals surface area contributed by atoms with Gasteiger partial charge >= 0.3 is 0 Å². The van der Waals surface area contributed by atoms with Gasteiger partial charge in [0.05, 0.1) is 37.8 Å². The number of hydrogen-bond donors (Lipinski definition) is 2. The van der Waals surface area contributed by atoms with E-state index in [0.717, 1.165) is 41.7 Å². The van der Waals surface area contributed by atoms with Crippen LogP contribution in [-0.4, -0.2) is 44.6 Å². The second-order valence-corrected chi connectivity index (χ2v) is 7.65. The van der Waals surface area contributed by atoms with Gasteiger partial charge in [0.15, 0.2) is 5.11 Å². The van der Waals surface area contributed by atoms with Crippen molar-refractivity contribution in [1.82, 2.24) is 0 Å². The zero-order valence-corrected chi connectivity index (χ0v) is 19.0. The maximum Gasteiger partial charge on any atom is 0.175 e. The highest BCUT2D eigenvalue weighted by molar-refractivity contribution is 7.80. The molecule has 162 valence electrons. The van der Waals surface area contributed by atoms with E-state index in [1.807, 2.05) is 26.0 Å². The van der Waals surface area contributed by atoms with Crippen molar-refractivity contribution in [1.29, 1.82) is 0 Å². The van der Waals surface area contributed by atoms with Crippen LogP contribution in [0.4, 0.5) is 17.1 Å². The molecule has 0 spiro atoms. The molecule has 7 heteroatoms. The van der Waals surface area contributed by atoms with E-state index in [-0.39, 0.29) is 0 Å². The molecule has 2 aromatic rings. The van der Waals surface area contributed by atoms with Crippen molar-refractivity contribution in [3.63, 3.8) is 0 Å². The van der Waals surface area contributed by atoms with Crippen molar-refractivity contribution in [3.8, 4) is 11.5 Å². The van der Waals surface area contributed by atoms with E-state index >= 15 is 0 Å². The van der Waals surface area contributed by atoms with Crippen LogP contribution in [-0.2, 0) is 4.74 Å². The first-order chi connectivity index (χ1) is 14.5. The first-order valence-electron chi connectivity index (χ1n) is 10.4. The summed E-state index contributed by atoms with van der Waals surface area (Å²) in [5, 5.41) is 7.05. The van der Waals surface area contributed by atoms with Crippen LogP contribution in [0.5, 0.6) is 11.5 Å². The highest BCUT2D eigenvalue weighted by atomic mass is 32.1. The monoisotopic (exact) mass is 429 g/mol. The van der Waals surface area contributed by atoms with Crippen LogP contribution in [0.25, 0.3) is 0 Å². The molecule has 1 fully saturated rings. The third-order valence-electron chi connectivity index (χ3n) is 4.74. The van der Waals surface area contributed by atoms with Crippen LogP contribution in [0.15, 0.2) is 30.3 Å². The number of hydrogen-bond acceptors (Lipinski definition) is 5. The Hall–Kier alpha value is -2.51. The highest BCUT2D eigenvalue weighted by Crippen LogP contribution is 2.39. The summed E-state index contributed by atoms with van der Waals surface area (Å²) in [5.41, 5.74) is 5.12. The molecule has 30 heavy (non-hydrogen) atoms. The standard InChI is InChI=1S/C23H31N3O3S/c1-5-28-21-15-20(26-7-9-27-10-8-26)22(29-6-2)14-19(21)25-23(30)24-18-12-16(3)11-17(4)13-18/h11-15H,5-10H2,1-4H3,(H2,24,25,30). The van der Waals surface area contributed by atoms with Gasteiger partial charge in [0.1, 0.15) is 11.5 Å². The molecule has 0 aliphatic carbocycles. The molecule has 3 rings (SSSR count). The van der Waals surface area contributed by atoms with Gasteiger partial charge in [-0.1, -0.05) is 6.07 Å². The van der Waals surface area contributed by atoms with Gasteiger partial charge in [-0.2, -0.15) is 0 Å². The van der Waals surface area contributed by atoms with E-state index in [2.05, 4.69) is 47.6 Å². The Balaban J connectivity index is 1.86. The second kappa shape index (κ2) is 10.5. The third-order valence-corrected chi connectivity index (χ3v) is 4.94. The Labute approximate surface area is 184 Å². The number of rotatable bonds is 7. The minimum absolute atomic E-state index is 0.502. The molecule has 0 bridgehead atoms. The molecule has 0 amide bonds. The van der Waals surface area contributed by atoms with E-state index in [9.17, 15) is 0 Å². The second-order valence-electron chi connectivity index (χ2n) is 7.24. The minimum Gasteiger partial charge on any atom is -0.492 e. The number of morpholine rings is 1. The Kier molecular flexibility index (Phi) is 7.76. The van der Waals surface area contributed by atoms with E-state index in [0.29, 0.717) is 31.5 Å². The molecule has 0 aromatic heterocycles. The molecule has 6 nitrogen and oxygen atoms in total. The van der Waals surface area contributed by atoms with Crippen molar-refractivity contribution < 1.29 is 14.2 Å². The topological polar surface area (TPSA) is 55.0 Å². The zero-order chi connectivity index (χ0) is 21.5. The maximum atomic E-state index is 5.95. The summed E-state index contributed by atoms with van der Waals surface area (Å²) in [7, 11) is 0. The van der Waals surface area contributed by atoms with Gasteiger partial charge in [0, 0.05) is 30.9 Å². The maximum absolute atomic E-state index is 5.95. The van der Waals surface area contributed by atoms with E-state index in [1.54, 1.807) is 0 Å². The number of nitrogens with zero attached hydrogens (tertiary/aromatic N) is 1. The number of aryl methyl sites for hydroxylation is 2. The van der Waals surface area contributed by atoms with Gasteiger partial charge in [0.25, 0.3) is 0 Å². The van der Waals surface area contributed by atoms with Crippen molar-refractivity contribution in [2.75, 3.05) is 55.1 Å².